The van der Waals surface area contributed by atoms with Gasteiger partial charge in [-0.2, -0.15) is 0 Å². The van der Waals surface area contributed by atoms with Crippen LogP contribution in [0.3, 0.4) is 0 Å². The number of ether oxygens (including phenoxy) is 1. The fourth-order valence-corrected chi connectivity index (χ4v) is 1.48. The summed E-state index contributed by atoms with van der Waals surface area (Å²) in [4.78, 5) is 3.94. The normalized spacial score (nSPS) is 10.4. The number of nitrogens with one attached hydrogen (secondary N) is 1. The van der Waals surface area contributed by atoms with Crippen LogP contribution in [-0.2, 0) is 4.74 Å². The first-order valence-corrected chi connectivity index (χ1v) is 6.16. The van der Waals surface area contributed by atoms with E-state index in [4.69, 9.17) is 4.74 Å². The lowest BCUT2D eigenvalue weighted by atomic mass is 10.4. The minimum Gasteiger partial charge on any atom is -0.381 e. The summed E-state index contributed by atoms with van der Waals surface area (Å²) in [6.45, 7) is 4.21. The van der Waals surface area contributed by atoms with Crippen LogP contribution in [0.1, 0.15) is 19.8 Å². The van der Waals surface area contributed by atoms with Gasteiger partial charge in [0.15, 0.2) is 11.6 Å². The molecule has 1 aromatic rings. The zero-order valence-corrected chi connectivity index (χ0v) is 10.9. The Balaban J connectivity index is 2.21. The minimum absolute atomic E-state index is 0.290. The number of aromatic nitrogens is 1. The fraction of sp³-hybridized carbons (Fsp3) is 0.545. The molecule has 90 valence electrons. The first-order valence-electron chi connectivity index (χ1n) is 5.36. The van der Waals surface area contributed by atoms with Crippen LogP contribution in [0.4, 0.5) is 10.2 Å². The molecular formula is C11H16BrFN2O. The average Bonchev–Trinajstić information content (AvgIpc) is 2.26. The Hall–Kier alpha value is -0.680. The molecule has 0 saturated carbocycles. The summed E-state index contributed by atoms with van der Waals surface area (Å²) in [7, 11) is 0. The summed E-state index contributed by atoms with van der Waals surface area (Å²) in [5, 5.41) is 2.93. The van der Waals surface area contributed by atoms with Crippen molar-refractivity contribution in [1.82, 2.24) is 4.98 Å². The molecule has 1 aromatic heterocycles. The van der Waals surface area contributed by atoms with Gasteiger partial charge in [0.25, 0.3) is 0 Å². The number of hydrogen-bond donors (Lipinski definition) is 1. The number of halogens is 2. The van der Waals surface area contributed by atoms with E-state index in [-0.39, 0.29) is 5.82 Å². The molecule has 1 heterocycles. The van der Waals surface area contributed by atoms with Crippen molar-refractivity contribution in [2.24, 2.45) is 0 Å². The standard InChI is InChI=1S/C11H16BrFN2O/c1-2-5-16-6-3-4-14-11-10(13)7-9(12)8-15-11/h7-8H,2-6H2,1H3,(H,14,15). The second kappa shape index (κ2) is 7.57. The molecule has 1 rings (SSSR count). The molecule has 1 N–H and O–H groups in total. The van der Waals surface area contributed by atoms with Gasteiger partial charge in [-0.25, -0.2) is 9.37 Å². The molecule has 0 unspecified atom stereocenters. The fourth-order valence-electron chi connectivity index (χ4n) is 1.17. The number of rotatable bonds is 7. The summed E-state index contributed by atoms with van der Waals surface area (Å²) in [6.07, 6.45) is 3.44. The second-order valence-corrected chi connectivity index (χ2v) is 4.29. The van der Waals surface area contributed by atoms with E-state index in [1.807, 2.05) is 0 Å². The van der Waals surface area contributed by atoms with Crippen molar-refractivity contribution >= 4 is 21.7 Å². The molecule has 0 bridgehead atoms. The van der Waals surface area contributed by atoms with Crippen LogP contribution in [0.2, 0.25) is 0 Å². The van der Waals surface area contributed by atoms with Gasteiger partial charge in [0.05, 0.1) is 0 Å². The van der Waals surface area contributed by atoms with Crippen molar-refractivity contribution in [3.8, 4) is 0 Å². The summed E-state index contributed by atoms with van der Waals surface area (Å²) in [5.41, 5.74) is 0. The maximum Gasteiger partial charge on any atom is 0.166 e. The molecule has 0 aliphatic carbocycles. The van der Waals surface area contributed by atoms with E-state index < -0.39 is 0 Å². The predicted molar refractivity (Wildman–Crippen MR) is 66.1 cm³/mol. The predicted octanol–water partition coefficient (Wildman–Crippen LogP) is 3.21. The maximum absolute atomic E-state index is 13.3. The molecule has 0 aliphatic rings. The Bertz CT molecular complexity index is 323. The maximum atomic E-state index is 13.3. The van der Waals surface area contributed by atoms with Gasteiger partial charge in [-0.05, 0) is 34.8 Å². The number of pyridine rings is 1. The zero-order valence-electron chi connectivity index (χ0n) is 9.30. The highest BCUT2D eigenvalue weighted by molar-refractivity contribution is 9.10. The monoisotopic (exact) mass is 290 g/mol. The highest BCUT2D eigenvalue weighted by atomic mass is 79.9. The third-order valence-electron chi connectivity index (χ3n) is 1.91. The van der Waals surface area contributed by atoms with Crippen molar-refractivity contribution < 1.29 is 9.13 Å². The zero-order chi connectivity index (χ0) is 11.8. The summed E-state index contributed by atoms with van der Waals surface area (Å²) in [5.74, 6) is -0.0532. The van der Waals surface area contributed by atoms with Crippen molar-refractivity contribution in [3.05, 3.63) is 22.6 Å². The van der Waals surface area contributed by atoms with Crippen LogP contribution in [0.5, 0.6) is 0 Å². The molecule has 0 amide bonds. The third kappa shape index (κ3) is 4.90. The van der Waals surface area contributed by atoms with Gasteiger partial charge in [0.2, 0.25) is 0 Å². The van der Waals surface area contributed by atoms with Crippen LogP contribution < -0.4 is 5.32 Å². The Labute approximate surface area is 104 Å². The molecule has 3 nitrogen and oxygen atoms in total. The van der Waals surface area contributed by atoms with Crippen molar-refractivity contribution in [3.63, 3.8) is 0 Å². The molecule has 16 heavy (non-hydrogen) atoms. The Kier molecular flexibility index (Phi) is 6.33. The minimum atomic E-state index is -0.344. The summed E-state index contributed by atoms with van der Waals surface area (Å²) >= 11 is 3.16. The van der Waals surface area contributed by atoms with E-state index in [9.17, 15) is 4.39 Å². The molecule has 0 aromatic carbocycles. The Morgan fingerprint density at radius 1 is 1.50 bits per heavy atom. The van der Waals surface area contributed by atoms with Crippen molar-refractivity contribution in [2.45, 2.75) is 19.8 Å². The first kappa shape index (κ1) is 13.4. The Morgan fingerprint density at radius 2 is 2.31 bits per heavy atom. The largest absolute Gasteiger partial charge is 0.381 e. The molecule has 5 heteroatoms. The second-order valence-electron chi connectivity index (χ2n) is 3.38. The van der Waals surface area contributed by atoms with E-state index >= 15 is 0 Å². The quantitative estimate of drug-likeness (QED) is 0.783. The van der Waals surface area contributed by atoms with E-state index in [2.05, 4.69) is 33.2 Å². The third-order valence-corrected chi connectivity index (χ3v) is 2.35. The van der Waals surface area contributed by atoms with Gasteiger partial charge < -0.3 is 10.1 Å². The van der Waals surface area contributed by atoms with Crippen molar-refractivity contribution in [1.29, 1.82) is 0 Å². The summed E-state index contributed by atoms with van der Waals surface area (Å²) in [6, 6.07) is 1.39. The van der Waals surface area contributed by atoms with Crippen LogP contribution >= 0.6 is 15.9 Å². The highest BCUT2D eigenvalue weighted by Gasteiger charge is 2.02. The van der Waals surface area contributed by atoms with Gasteiger partial charge in [0, 0.05) is 30.4 Å². The van der Waals surface area contributed by atoms with Crippen LogP contribution in [-0.4, -0.2) is 24.7 Å². The molecule has 0 radical (unpaired) electrons. The molecule has 0 aliphatic heterocycles. The van der Waals surface area contributed by atoms with Gasteiger partial charge in [-0.1, -0.05) is 6.92 Å². The Morgan fingerprint density at radius 3 is 3.00 bits per heavy atom. The van der Waals surface area contributed by atoms with Gasteiger partial charge in [-0.15, -0.1) is 0 Å². The highest BCUT2D eigenvalue weighted by Crippen LogP contribution is 2.15. The van der Waals surface area contributed by atoms with E-state index in [1.54, 1.807) is 6.20 Å². The molecule has 0 saturated heterocycles. The SMILES string of the molecule is CCCOCCCNc1ncc(Br)cc1F. The molecule has 0 fully saturated rings. The lowest BCUT2D eigenvalue weighted by Crippen LogP contribution is -2.08. The number of anilines is 1. The van der Waals surface area contributed by atoms with Gasteiger partial charge >= 0.3 is 0 Å². The van der Waals surface area contributed by atoms with Crippen LogP contribution in [0, 0.1) is 5.82 Å². The lowest BCUT2D eigenvalue weighted by Gasteiger charge is -2.06. The summed E-state index contributed by atoms with van der Waals surface area (Å²) < 4.78 is 19.2. The molecule has 0 atom stereocenters. The topological polar surface area (TPSA) is 34.1 Å². The number of nitrogens with zero attached hydrogens (tertiary/aromatic N) is 1. The van der Waals surface area contributed by atoms with E-state index in [0.717, 1.165) is 19.4 Å². The van der Waals surface area contributed by atoms with E-state index in [1.165, 1.54) is 6.07 Å². The molecule has 0 spiro atoms. The van der Waals surface area contributed by atoms with E-state index in [0.29, 0.717) is 23.4 Å². The number of hydrogen-bond acceptors (Lipinski definition) is 3. The van der Waals surface area contributed by atoms with Crippen LogP contribution in [0.25, 0.3) is 0 Å². The van der Waals surface area contributed by atoms with Gasteiger partial charge in [-0.3, -0.25) is 0 Å². The molecular weight excluding hydrogens is 275 g/mol. The van der Waals surface area contributed by atoms with Crippen LogP contribution in [0.15, 0.2) is 16.7 Å². The average molecular weight is 291 g/mol. The van der Waals surface area contributed by atoms with Gasteiger partial charge in [0.1, 0.15) is 0 Å². The van der Waals surface area contributed by atoms with Crippen molar-refractivity contribution in [2.75, 3.05) is 25.1 Å². The smallest absolute Gasteiger partial charge is 0.166 e. The first-order chi connectivity index (χ1) is 7.74. The lowest BCUT2D eigenvalue weighted by molar-refractivity contribution is 0.134.